The number of carbonyl (C=O) groups is 4. The minimum atomic E-state index is -2.17. The number of esters is 2. The highest BCUT2D eigenvalue weighted by Gasteiger charge is 2.93. The van der Waals surface area contributed by atoms with Gasteiger partial charge in [-0.2, -0.15) is 0 Å². The van der Waals surface area contributed by atoms with Crippen LogP contribution in [0.5, 0.6) is 0 Å². The molecule has 5 aliphatic heterocycles. The molecule has 2 spiro atoms. The maximum absolute atomic E-state index is 14.8. The number of Topliss-reactive ketones (excluding diaryl/α,β-unsaturated/α-hetero) is 1. The maximum Gasteiger partial charge on any atom is 0.342 e. The molecule has 8 aliphatic rings. The molecule has 8 rings (SSSR count). The average molecular weight is 511 g/mol. The monoisotopic (exact) mass is 510 g/mol. The summed E-state index contributed by atoms with van der Waals surface area (Å²) in [6.45, 7) is 5.29. The highest BCUT2D eigenvalue weighted by molar-refractivity contribution is 6.01. The first-order valence-electron chi connectivity index (χ1n) is 13.4. The van der Waals surface area contributed by atoms with Crippen LogP contribution in [0, 0.1) is 34.5 Å². The van der Waals surface area contributed by atoms with Crippen LogP contribution in [-0.4, -0.2) is 63.9 Å². The Morgan fingerprint density at radius 2 is 1.86 bits per heavy atom. The fourth-order valence-electron chi connectivity index (χ4n) is 10.0. The lowest BCUT2D eigenvalue weighted by Gasteiger charge is -2.63. The molecule has 1 saturated carbocycles. The van der Waals surface area contributed by atoms with Gasteiger partial charge in [-0.3, -0.25) is 14.4 Å². The van der Waals surface area contributed by atoms with Crippen LogP contribution in [0.3, 0.4) is 0 Å². The van der Waals surface area contributed by atoms with Gasteiger partial charge in [0.05, 0.1) is 23.9 Å². The van der Waals surface area contributed by atoms with Crippen molar-refractivity contribution in [3.63, 3.8) is 0 Å². The molecular weight excluding hydrogens is 480 g/mol. The molecule has 9 heteroatoms. The van der Waals surface area contributed by atoms with Crippen LogP contribution in [0.15, 0.2) is 23.8 Å². The fraction of sp³-hybridized carbons (Fsp3) is 0.714. The molecule has 3 aliphatic carbocycles. The molecule has 196 valence electrons. The van der Waals surface area contributed by atoms with Crippen molar-refractivity contribution in [3.8, 4) is 0 Å². The Kier molecular flexibility index (Phi) is 3.73. The molecule has 37 heavy (non-hydrogen) atoms. The first-order valence-corrected chi connectivity index (χ1v) is 13.4. The number of hydrogen-bond acceptors (Lipinski definition) is 9. The van der Waals surface area contributed by atoms with Crippen LogP contribution in [0.2, 0.25) is 0 Å². The van der Waals surface area contributed by atoms with E-state index in [1.54, 1.807) is 13.0 Å². The zero-order valence-corrected chi connectivity index (χ0v) is 21.1. The molecule has 0 aromatic heterocycles. The third-order valence-corrected chi connectivity index (χ3v) is 12.0. The summed E-state index contributed by atoms with van der Waals surface area (Å²) in [5.41, 5.74) is -6.43. The van der Waals surface area contributed by atoms with E-state index in [2.05, 4.69) is 0 Å². The summed E-state index contributed by atoms with van der Waals surface area (Å²) in [5.74, 6) is -6.36. The lowest BCUT2D eigenvalue weighted by Crippen LogP contribution is -2.79. The van der Waals surface area contributed by atoms with E-state index in [4.69, 9.17) is 18.9 Å². The van der Waals surface area contributed by atoms with Gasteiger partial charge in [-0.25, -0.2) is 4.79 Å². The summed E-state index contributed by atoms with van der Waals surface area (Å²) in [7, 11) is 0. The molecule has 0 aromatic rings. The van der Waals surface area contributed by atoms with Gasteiger partial charge in [0, 0.05) is 5.92 Å². The fourth-order valence-corrected chi connectivity index (χ4v) is 10.0. The van der Waals surface area contributed by atoms with Gasteiger partial charge < -0.3 is 24.1 Å². The van der Waals surface area contributed by atoms with Crippen LogP contribution in [0.4, 0.5) is 0 Å². The Morgan fingerprint density at radius 1 is 1.08 bits per heavy atom. The standard InChI is InChI=1S/C28H30O9/c1-23-11-18-25(3)28-19(23)20(30)27(37-28,34-12-16(23)21(31)35-18)15-8-7-13-5-4-6-17(29)24(13,2)14(15)9-10-26(28,33)22(32)36-25/h4,6-7,14-16,18-19,33H,5,8-12H2,1-3H3/t14-,15+,16-,18+,19-,23+,24-,25-,26-,27-,28-/m0/s1. The molecule has 0 radical (unpaired) electrons. The second-order valence-corrected chi connectivity index (χ2v) is 13.0. The molecule has 11 atom stereocenters. The Balaban J connectivity index is 1.43. The molecule has 6 fully saturated rings. The number of aliphatic hydroxyl groups is 1. The van der Waals surface area contributed by atoms with Crippen molar-refractivity contribution in [1.82, 2.24) is 0 Å². The highest BCUT2D eigenvalue weighted by Crippen LogP contribution is 2.75. The molecule has 5 heterocycles. The number of rotatable bonds is 0. The lowest BCUT2D eigenvalue weighted by molar-refractivity contribution is -0.374. The Labute approximate surface area is 213 Å². The summed E-state index contributed by atoms with van der Waals surface area (Å²) >= 11 is 0. The predicted octanol–water partition coefficient (Wildman–Crippen LogP) is 1.56. The van der Waals surface area contributed by atoms with E-state index in [-0.39, 0.29) is 24.6 Å². The van der Waals surface area contributed by atoms with E-state index in [9.17, 15) is 24.3 Å². The molecule has 5 saturated heterocycles. The van der Waals surface area contributed by atoms with Crippen LogP contribution in [0.25, 0.3) is 0 Å². The first kappa shape index (κ1) is 22.6. The van der Waals surface area contributed by atoms with Gasteiger partial charge in [0.25, 0.3) is 0 Å². The molecule has 5 bridgehead atoms. The smallest absolute Gasteiger partial charge is 0.342 e. The lowest BCUT2D eigenvalue weighted by atomic mass is 9.46. The zero-order valence-electron chi connectivity index (χ0n) is 21.1. The number of ether oxygens (including phenoxy) is 4. The van der Waals surface area contributed by atoms with Crippen molar-refractivity contribution < 1.29 is 43.2 Å². The summed E-state index contributed by atoms with van der Waals surface area (Å²) in [4.78, 5) is 55.2. The second kappa shape index (κ2) is 6.10. The van der Waals surface area contributed by atoms with Crippen molar-refractivity contribution in [3.05, 3.63) is 23.8 Å². The van der Waals surface area contributed by atoms with Gasteiger partial charge in [0.2, 0.25) is 5.79 Å². The van der Waals surface area contributed by atoms with E-state index in [0.29, 0.717) is 25.7 Å². The minimum Gasteiger partial charge on any atom is -0.458 e. The molecule has 0 unspecified atom stereocenters. The van der Waals surface area contributed by atoms with E-state index in [1.807, 2.05) is 26.0 Å². The predicted molar refractivity (Wildman–Crippen MR) is 122 cm³/mol. The van der Waals surface area contributed by atoms with Crippen molar-refractivity contribution in [1.29, 1.82) is 0 Å². The molecule has 0 amide bonds. The Hall–Kier alpha value is -2.36. The third-order valence-electron chi connectivity index (χ3n) is 12.0. The normalized spacial score (nSPS) is 58.5. The van der Waals surface area contributed by atoms with E-state index < -0.39 is 75.1 Å². The highest BCUT2D eigenvalue weighted by atomic mass is 16.8. The average Bonchev–Trinajstić information content (AvgIpc) is 3.16. The van der Waals surface area contributed by atoms with Gasteiger partial charge in [-0.05, 0) is 63.4 Å². The van der Waals surface area contributed by atoms with Crippen molar-refractivity contribution in [2.45, 2.75) is 81.6 Å². The van der Waals surface area contributed by atoms with Crippen LogP contribution >= 0.6 is 0 Å². The number of hydrogen-bond donors (Lipinski definition) is 1. The van der Waals surface area contributed by atoms with Crippen molar-refractivity contribution in [2.24, 2.45) is 34.5 Å². The quantitative estimate of drug-likeness (QED) is 0.382. The van der Waals surface area contributed by atoms with Crippen LogP contribution in [0.1, 0.15) is 52.9 Å². The molecule has 9 nitrogen and oxygen atoms in total. The largest absolute Gasteiger partial charge is 0.458 e. The summed E-state index contributed by atoms with van der Waals surface area (Å²) < 4.78 is 25.1. The van der Waals surface area contributed by atoms with E-state index in [0.717, 1.165) is 5.57 Å². The second-order valence-electron chi connectivity index (χ2n) is 13.0. The number of fused-ring (bicyclic) bond motifs is 5. The van der Waals surface area contributed by atoms with Gasteiger partial charge in [0.1, 0.15) is 6.10 Å². The summed E-state index contributed by atoms with van der Waals surface area (Å²) in [5, 5.41) is 12.4. The van der Waals surface area contributed by atoms with Gasteiger partial charge in [-0.1, -0.05) is 24.6 Å². The number of ketones is 2. The Morgan fingerprint density at radius 3 is 2.65 bits per heavy atom. The Bertz CT molecular complexity index is 1300. The minimum absolute atomic E-state index is 0.0380. The summed E-state index contributed by atoms with van der Waals surface area (Å²) in [6.07, 6.45) is 6.24. The topological polar surface area (TPSA) is 125 Å². The number of allylic oxidation sites excluding steroid dienone is 4. The van der Waals surface area contributed by atoms with E-state index >= 15 is 0 Å². The summed E-state index contributed by atoms with van der Waals surface area (Å²) in [6, 6.07) is 0. The van der Waals surface area contributed by atoms with Gasteiger partial charge in [-0.15, -0.1) is 0 Å². The van der Waals surface area contributed by atoms with E-state index in [1.165, 1.54) is 0 Å². The molecular formula is C28H30O9. The van der Waals surface area contributed by atoms with Crippen molar-refractivity contribution >= 4 is 23.5 Å². The van der Waals surface area contributed by atoms with Crippen LogP contribution < -0.4 is 0 Å². The van der Waals surface area contributed by atoms with Crippen molar-refractivity contribution in [2.75, 3.05) is 6.61 Å². The van der Waals surface area contributed by atoms with Crippen LogP contribution in [-0.2, 0) is 38.1 Å². The zero-order chi connectivity index (χ0) is 26.0. The first-order chi connectivity index (χ1) is 17.4. The number of carbonyl (C=O) groups excluding carboxylic acids is 4. The van der Waals surface area contributed by atoms with Gasteiger partial charge in [0.15, 0.2) is 28.4 Å². The third kappa shape index (κ3) is 1.97. The van der Waals surface area contributed by atoms with Gasteiger partial charge >= 0.3 is 11.9 Å². The SMILES string of the molecule is C[C@]12C(=O)C=CCC1=CC[C@@H]1[C@@H]2CC[C@]2(O)C(=O)O[C@@]3(C)[C@H]4C[C@]5(C)[C@@H](CO[C@]16O[C@@]32[C@H]5C6=O)C(=O)O4. The molecule has 0 aromatic carbocycles. The maximum atomic E-state index is 14.8. The molecule has 1 N–H and O–H groups in total.